The van der Waals surface area contributed by atoms with E-state index in [2.05, 4.69) is 27.9 Å². The smallest absolute Gasteiger partial charge is 0.132 e. The second-order valence-electron chi connectivity index (χ2n) is 5.09. The van der Waals surface area contributed by atoms with Crippen LogP contribution in [0.1, 0.15) is 18.4 Å². The van der Waals surface area contributed by atoms with Crippen LogP contribution in [0, 0.1) is 5.92 Å². The molecular formula is C13H19N3. The van der Waals surface area contributed by atoms with E-state index in [-0.39, 0.29) is 0 Å². The zero-order valence-electron chi connectivity index (χ0n) is 9.89. The molecule has 0 bridgehead atoms. The molecule has 0 unspecified atom stereocenters. The first kappa shape index (κ1) is 10.1. The summed E-state index contributed by atoms with van der Waals surface area (Å²) in [7, 11) is 2.15. The number of nitrogens with zero attached hydrogens (tertiary/aromatic N) is 3. The number of likely N-dealkylation sites (N-methyl/N-ethyl adjacent to an activating group) is 1. The molecule has 0 aromatic carbocycles. The molecule has 0 spiro atoms. The fraction of sp³-hybridized carbons (Fsp3) is 0.615. The van der Waals surface area contributed by atoms with E-state index in [1.807, 2.05) is 12.3 Å². The van der Waals surface area contributed by atoms with Crippen molar-refractivity contribution >= 4 is 5.82 Å². The van der Waals surface area contributed by atoms with Gasteiger partial charge < -0.3 is 4.90 Å². The first-order chi connectivity index (χ1) is 7.83. The highest BCUT2D eigenvalue weighted by molar-refractivity contribution is 5.46. The third kappa shape index (κ3) is 2.05. The number of fused-ring (bicyclic) bond motifs is 1. The van der Waals surface area contributed by atoms with Gasteiger partial charge in [0.25, 0.3) is 0 Å². The van der Waals surface area contributed by atoms with Gasteiger partial charge in [0.05, 0.1) is 0 Å². The molecule has 0 atom stereocenters. The molecule has 0 amide bonds. The minimum Gasteiger partial charge on any atom is -0.358 e. The van der Waals surface area contributed by atoms with Gasteiger partial charge in [-0.15, -0.1) is 0 Å². The summed E-state index contributed by atoms with van der Waals surface area (Å²) in [5, 5.41) is 0. The second kappa shape index (κ2) is 4.06. The second-order valence-corrected chi connectivity index (χ2v) is 5.09. The SMILES string of the molecule is CN1CCN(CC2CC2)Cc2cccnc21. The van der Waals surface area contributed by atoms with Gasteiger partial charge in [0.15, 0.2) is 0 Å². The van der Waals surface area contributed by atoms with E-state index in [1.54, 1.807) is 0 Å². The number of rotatable bonds is 2. The van der Waals surface area contributed by atoms with Crippen LogP contribution in [0.25, 0.3) is 0 Å². The Bertz CT molecular complexity index is 373. The van der Waals surface area contributed by atoms with Crippen molar-refractivity contribution in [3.8, 4) is 0 Å². The summed E-state index contributed by atoms with van der Waals surface area (Å²) in [5.41, 5.74) is 1.38. The summed E-state index contributed by atoms with van der Waals surface area (Å²) < 4.78 is 0. The van der Waals surface area contributed by atoms with Gasteiger partial charge in [-0.3, -0.25) is 4.90 Å². The summed E-state index contributed by atoms with van der Waals surface area (Å²) in [6, 6.07) is 4.26. The van der Waals surface area contributed by atoms with Crippen LogP contribution in [0.3, 0.4) is 0 Å². The number of anilines is 1. The van der Waals surface area contributed by atoms with Crippen LogP contribution >= 0.6 is 0 Å². The molecule has 0 saturated heterocycles. The third-order valence-corrected chi connectivity index (χ3v) is 3.59. The normalized spacial score (nSPS) is 21.7. The molecule has 16 heavy (non-hydrogen) atoms. The predicted molar refractivity (Wildman–Crippen MR) is 65.5 cm³/mol. The molecule has 0 radical (unpaired) electrons. The van der Waals surface area contributed by atoms with Crippen LogP contribution in [0.15, 0.2) is 18.3 Å². The number of pyridine rings is 1. The number of aromatic nitrogens is 1. The molecule has 2 aliphatic rings. The Morgan fingerprint density at radius 1 is 1.38 bits per heavy atom. The van der Waals surface area contributed by atoms with Gasteiger partial charge >= 0.3 is 0 Å². The Balaban J connectivity index is 1.80. The van der Waals surface area contributed by atoms with Gasteiger partial charge in [-0.05, 0) is 24.8 Å². The van der Waals surface area contributed by atoms with Crippen LogP contribution in [0.5, 0.6) is 0 Å². The molecule has 1 fully saturated rings. The van der Waals surface area contributed by atoms with E-state index in [0.717, 1.165) is 19.0 Å². The van der Waals surface area contributed by atoms with Crippen LogP contribution in [-0.4, -0.2) is 36.6 Å². The summed E-state index contributed by atoms with van der Waals surface area (Å²) >= 11 is 0. The summed E-state index contributed by atoms with van der Waals surface area (Å²) in [4.78, 5) is 9.35. The lowest BCUT2D eigenvalue weighted by molar-refractivity contribution is 0.266. The van der Waals surface area contributed by atoms with Crippen LogP contribution in [-0.2, 0) is 6.54 Å². The molecule has 86 valence electrons. The van der Waals surface area contributed by atoms with Crippen LogP contribution < -0.4 is 4.90 Å². The topological polar surface area (TPSA) is 19.4 Å². The highest BCUT2D eigenvalue weighted by Crippen LogP contribution is 2.31. The van der Waals surface area contributed by atoms with E-state index in [4.69, 9.17) is 0 Å². The lowest BCUT2D eigenvalue weighted by atomic mass is 10.2. The Labute approximate surface area is 97.1 Å². The van der Waals surface area contributed by atoms with E-state index in [1.165, 1.54) is 37.3 Å². The van der Waals surface area contributed by atoms with Crippen molar-refractivity contribution < 1.29 is 0 Å². The van der Waals surface area contributed by atoms with Crippen molar-refractivity contribution in [2.45, 2.75) is 19.4 Å². The van der Waals surface area contributed by atoms with E-state index in [0.29, 0.717) is 0 Å². The first-order valence-electron chi connectivity index (χ1n) is 6.20. The summed E-state index contributed by atoms with van der Waals surface area (Å²) in [6.45, 7) is 4.62. The van der Waals surface area contributed by atoms with Crippen molar-refractivity contribution in [2.75, 3.05) is 31.6 Å². The van der Waals surface area contributed by atoms with Crippen LogP contribution in [0.4, 0.5) is 5.82 Å². The molecule has 2 heterocycles. The minimum atomic E-state index is 0.975. The molecule has 3 nitrogen and oxygen atoms in total. The molecule has 1 aromatic rings. The lowest BCUT2D eigenvalue weighted by Gasteiger charge is -2.19. The average molecular weight is 217 g/mol. The average Bonchev–Trinajstić information content (AvgIpc) is 3.10. The minimum absolute atomic E-state index is 0.975. The van der Waals surface area contributed by atoms with Gasteiger partial charge in [-0.25, -0.2) is 4.98 Å². The Hall–Kier alpha value is -1.09. The summed E-state index contributed by atoms with van der Waals surface area (Å²) in [5.74, 6) is 2.14. The highest BCUT2D eigenvalue weighted by Gasteiger charge is 2.26. The van der Waals surface area contributed by atoms with Crippen molar-refractivity contribution in [3.63, 3.8) is 0 Å². The van der Waals surface area contributed by atoms with Gasteiger partial charge in [-0.1, -0.05) is 6.07 Å². The number of hydrogen-bond acceptors (Lipinski definition) is 3. The fourth-order valence-corrected chi connectivity index (χ4v) is 2.44. The van der Waals surface area contributed by atoms with Gasteiger partial charge in [-0.2, -0.15) is 0 Å². The maximum Gasteiger partial charge on any atom is 0.132 e. The standard InChI is InChI=1S/C13H19N3/c1-15-7-8-16(9-11-4-5-11)10-12-3-2-6-14-13(12)15/h2-3,6,11H,4-5,7-10H2,1H3. The van der Waals surface area contributed by atoms with E-state index < -0.39 is 0 Å². The largest absolute Gasteiger partial charge is 0.358 e. The lowest BCUT2D eigenvalue weighted by Crippen LogP contribution is -2.30. The van der Waals surface area contributed by atoms with E-state index >= 15 is 0 Å². The van der Waals surface area contributed by atoms with Crippen LogP contribution in [0.2, 0.25) is 0 Å². The molecule has 3 rings (SSSR count). The van der Waals surface area contributed by atoms with Crippen molar-refractivity contribution in [3.05, 3.63) is 23.9 Å². The van der Waals surface area contributed by atoms with Crippen molar-refractivity contribution in [1.82, 2.24) is 9.88 Å². The van der Waals surface area contributed by atoms with Crippen molar-refractivity contribution in [1.29, 1.82) is 0 Å². The summed E-state index contributed by atoms with van der Waals surface area (Å²) in [6.07, 6.45) is 4.77. The molecule has 3 heteroatoms. The van der Waals surface area contributed by atoms with Gasteiger partial charge in [0, 0.05) is 45.0 Å². The molecular weight excluding hydrogens is 198 g/mol. The molecule has 1 aliphatic heterocycles. The molecule has 1 saturated carbocycles. The molecule has 0 N–H and O–H groups in total. The zero-order valence-corrected chi connectivity index (χ0v) is 9.89. The highest BCUT2D eigenvalue weighted by atomic mass is 15.2. The van der Waals surface area contributed by atoms with Crippen molar-refractivity contribution in [2.24, 2.45) is 5.92 Å². The van der Waals surface area contributed by atoms with Gasteiger partial charge in [0.1, 0.15) is 5.82 Å². The van der Waals surface area contributed by atoms with Gasteiger partial charge in [0.2, 0.25) is 0 Å². The third-order valence-electron chi connectivity index (χ3n) is 3.59. The maximum absolute atomic E-state index is 4.49. The Morgan fingerprint density at radius 3 is 3.06 bits per heavy atom. The maximum atomic E-state index is 4.49. The fourth-order valence-electron chi connectivity index (χ4n) is 2.44. The molecule has 1 aromatic heterocycles. The zero-order chi connectivity index (χ0) is 11.0. The first-order valence-corrected chi connectivity index (χ1v) is 6.20. The monoisotopic (exact) mass is 217 g/mol. The predicted octanol–water partition coefficient (Wildman–Crippen LogP) is 1.74. The Kier molecular flexibility index (Phi) is 2.56. The quantitative estimate of drug-likeness (QED) is 0.752. The number of hydrogen-bond donors (Lipinski definition) is 0. The Morgan fingerprint density at radius 2 is 2.25 bits per heavy atom. The molecule has 1 aliphatic carbocycles. The van der Waals surface area contributed by atoms with E-state index in [9.17, 15) is 0 Å².